The second-order valence-electron chi connectivity index (χ2n) is 14.5. The van der Waals surface area contributed by atoms with Crippen LogP contribution in [0.1, 0.15) is 25.0 Å². The molecule has 0 radical (unpaired) electrons. The highest BCUT2D eigenvalue weighted by Crippen LogP contribution is 2.51. The van der Waals surface area contributed by atoms with Gasteiger partial charge in [0.2, 0.25) is 0 Å². The molecule has 52 heavy (non-hydrogen) atoms. The summed E-state index contributed by atoms with van der Waals surface area (Å²) in [5.41, 5.74) is 13.6. The molecular weight excluding hydrogens is 627 g/mol. The van der Waals surface area contributed by atoms with Gasteiger partial charge in [0.1, 0.15) is 0 Å². The molecule has 0 unspecified atom stereocenters. The zero-order valence-electron chi connectivity index (χ0n) is 29.3. The van der Waals surface area contributed by atoms with E-state index < -0.39 is 0 Å². The molecule has 0 aromatic heterocycles. The molecular formula is C51H37N. The first-order valence-corrected chi connectivity index (χ1v) is 18.2. The van der Waals surface area contributed by atoms with Gasteiger partial charge in [-0.2, -0.15) is 0 Å². The molecule has 0 aliphatic heterocycles. The Morgan fingerprint density at radius 2 is 0.942 bits per heavy atom. The maximum atomic E-state index is 2.43. The van der Waals surface area contributed by atoms with E-state index in [4.69, 9.17) is 0 Å². The predicted molar refractivity (Wildman–Crippen MR) is 222 cm³/mol. The van der Waals surface area contributed by atoms with Gasteiger partial charge in [-0.3, -0.25) is 0 Å². The van der Waals surface area contributed by atoms with E-state index in [2.05, 4.69) is 207 Å². The van der Waals surface area contributed by atoms with Gasteiger partial charge < -0.3 is 4.90 Å². The van der Waals surface area contributed by atoms with E-state index in [0.717, 1.165) is 17.1 Å². The molecule has 0 saturated carbocycles. The number of hydrogen-bond donors (Lipinski definition) is 0. The molecule has 0 atom stereocenters. The molecule has 246 valence electrons. The van der Waals surface area contributed by atoms with Crippen molar-refractivity contribution in [1.82, 2.24) is 0 Å². The third-order valence-electron chi connectivity index (χ3n) is 11.3. The van der Waals surface area contributed by atoms with Crippen molar-refractivity contribution in [2.75, 3.05) is 4.90 Å². The van der Waals surface area contributed by atoms with Gasteiger partial charge in [-0.1, -0.05) is 166 Å². The van der Waals surface area contributed by atoms with Crippen LogP contribution < -0.4 is 4.90 Å². The molecule has 9 aromatic carbocycles. The fourth-order valence-corrected chi connectivity index (χ4v) is 8.61. The normalized spacial score (nSPS) is 13.0. The molecule has 0 heterocycles. The van der Waals surface area contributed by atoms with Gasteiger partial charge in [-0.05, 0) is 108 Å². The molecule has 0 spiro atoms. The average molecular weight is 664 g/mol. The Kier molecular flexibility index (Phi) is 6.91. The van der Waals surface area contributed by atoms with Crippen molar-refractivity contribution in [1.29, 1.82) is 0 Å². The topological polar surface area (TPSA) is 3.24 Å². The zero-order valence-corrected chi connectivity index (χ0v) is 29.3. The quantitative estimate of drug-likeness (QED) is 0.166. The van der Waals surface area contributed by atoms with Crippen LogP contribution >= 0.6 is 0 Å². The van der Waals surface area contributed by atoms with Crippen LogP contribution in [0.3, 0.4) is 0 Å². The summed E-state index contributed by atoms with van der Waals surface area (Å²) in [6, 6.07) is 69.2. The number of rotatable bonds is 5. The summed E-state index contributed by atoms with van der Waals surface area (Å²) >= 11 is 0. The highest BCUT2D eigenvalue weighted by atomic mass is 15.1. The van der Waals surface area contributed by atoms with Crippen LogP contribution in [0.4, 0.5) is 17.1 Å². The number of fused-ring (bicyclic) bond motifs is 8. The molecule has 0 N–H and O–H groups in total. The highest BCUT2D eigenvalue weighted by molar-refractivity contribution is 6.17. The standard InChI is InChI=1S/C51H37N/c1-51(2)48-18-10-8-17-45(48)47-33-40(28-31-49(47)51)52(50-19-11-9-16-42(50)35-12-4-3-5-13-35)39-26-22-34(23-27-39)38-21-20-37-25-29-43-41-15-7-6-14-36(41)24-30-44(43)46(37)32-38/h3-33H,1-2H3. The van der Waals surface area contributed by atoms with Gasteiger partial charge >= 0.3 is 0 Å². The van der Waals surface area contributed by atoms with Crippen molar-refractivity contribution in [2.45, 2.75) is 19.3 Å². The number of para-hydroxylation sites is 1. The van der Waals surface area contributed by atoms with E-state index >= 15 is 0 Å². The molecule has 1 heteroatoms. The van der Waals surface area contributed by atoms with E-state index in [9.17, 15) is 0 Å². The van der Waals surface area contributed by atoms with Crippen LogP contribution in [-0.4, -0.2) is 0 Å². The second-order valence-corrected chi connectivity index (χ2v) is 14.5. The SMILES string of the molecule is CC1(C)c2ccccc2-c2cc(N(c3ccc(-c4ccc5ccc6c7ccccc7ccc6c5c4)cc3)c3ccccc3-c3ccccc3)ccc21. The molecule has 0 bridgehead atoms. The van der Waals surface area contributed by atoms with Crippen LogP contribution in [0.2, 0.25) is 0 Å². The fourth-order valence-electron chi connectivity index (χ4n) is 8.61. The van der Waals surface area contributed by atoms with Crippen LogP contribution in [0.25, 0.3) is 65.7 Å². The maximum absolute atomic E-state index is 2.43. The van der Waals surface area contributed by atoms with Crippen LogP contribution in [0.5, 0.6) is 0 Å². The van der Waals surface area contributed by atoms with Gasteiger partial charge in [0.15, 0.2) is 0 Å². The largest absolute Gasteiger partial charge is 0.310 e. The van der Waals surface area contributed by atoms with Gasteiger partial charge in [0, 0.05) is 22.4 Å². The lowest BCUT2D eigenvalue weighted by Crippen LogP contribution is -2.15. The number of anilines is 3. The van der Waals surface area contributed by atoms with Gasteiger partial charge in [-0.25, -0.2) is 0 Å². The van der Waals surface area contributed by atoms with E-state index in [-0.39, 0.29) is 5.41 Å². The average Bonchev–Trinajstić information content (AvgIpc) is 3.43. The molecule has 1 aliphatic rings. The lowest BCUT2D eigenvalue weighted by molar-refractivity contribution is 0.660. The number of benzene rings is 9. The Bertz CT molecular complexity index is 2810. The van der Waals surface area contributed by atoms with Gasteiger partial charge in [0.05, 0.1) is 5.69 Å². The van der Waals surface area contributed by atoms with E-state index in [0.29, 0.717) is 0 Å². The van der Waals surface area contributed by atoms with E-state index in [1.165, 1.54) is 76.8 Å². The minimum absolute atomic E-state index is 0.0445. The van der Waals surface area contributed by atoms with Crippen LogP contribution in [0, 0.1) is 0 Å². The van der Waals surface area contributed by atoms with Crippen LogP contribution in [-0.2, 0) is 5.41 Å². The third-order valence-corrected chi connectivity index (χ3v) is 11.3. The summed E-state index contributed by atoms with van der Waals surface area (Å²) in [7, 11) is 0. The number of nitrogens with zero attached hydrogens (tertiary/aromatic N) is 1. The molecule has 10 rings (SSSR count). The van der Waals surface area contributed by atoms with Crippen LogP contribution in [0.15, 0.2) is 188 Å². The second kappa shape index (κ2) is 11.8. The Hall–Kier alpha value is -6.44. The first kappa shape index (κ1) is 30.4. The summed E-state index contributed by atoms with van der Waals surface area (Å²) in [4.78, 5) is 2.43. The summed E-state index contributed by atoms with van der Waals surface area (Å²) in [6.07, 6.45) is 0. The summed E-state index contributed by atoms with van der Waals surface area (Å²) in [6.45, 7) is 4.69. The van der Waals surface area contributed by atoms with Gasteiger partial charge in [-0.15, -0.1) is 0 Å². The molecule has 0 amide bonds. The van der Waals surface area contributed by atoms with Crippen molar-refractivity contribution in [3.05, 3.63) is 199 Å². The van der Waals surface area contributed by atoms with Crippen molar-refractivity contribution >= 4 is 49.4 Å². The Morgan fingerprint density at radius 1 is 0.346 bits per heavy atom. The lowest BCUT2D eigenvalue weighted by Gasteiger charge is -2.29. The first-order chi connectivity index (χ1) is 25.5. The Balaban J connectivity index is 1.12. The summed E-state index contributed by atoms with van der Waals surface area (Å²) in [5.74, 6) is 0. The first-order valence-electron chi connectivity index (χ1n) is 18.2. The predicted octanol–water partition coefficient (Wildman–Crippen LogP) is 14.3. The summed E-state index contributed by atoms with van der Waals surface area (Å²) in [5, 5.41) is 7.70. The molecule has 1 nitrogen and oxygen atoms in total. The molecule has 9 aromatic rings. The Labute approximate surface area is 305 Å². The van der Waals surface area contributed by atoms with Crippen molar-refractivity contribution in [3.8, 4) is 33.4 Å². The minimum atomic E-state index is -0.0445. The lowest BCUT2D eigenvalue weighted by atomic mass is 9.82. The smallest absolute Gasteiger partial charge is 0.0540 e. The zero-order chi connectivity index (χ0) is 34.8. The molecule has 0 fully saturated rings. The summed E-state index contributed by atoms with van der Waals surface area (Å²) < 4.78 is 0. The molecule has 1 aliphatic carbocycles. The number of hydrogen-bond acceptors (Lipinski definition) is 1. The highest BCUT2D eigenvalue weighted by Gasteiger charge is 2.35. The van der Waals surface area contributed by atoms with E-state index in [1.807, 2.05) is 0 Å². The van der Waals surface area contributed by atoms with Crippen molar-refractivity contribution in [3.63, 3.8) is 0 Å². The maximum Gasteiger partial charge on any atom is 0.0540 e. The third kappa shape index (κ3) is 4.77. The van der Waals surface area contributed by atoms with Crippen molar-refractivity contribution < 1.29 is 0 Å². The minimum Gasteiger partial charge on any atom is -0.310 e. The van der Waals surface area contributed by atoms with Gasteiger partial charge in [0.25, 0.3) is 0 Å². The Morgan fingerprint density at radius 3 is 1.77 bits per heavy atom. The van der Waals surface area contributed by atoms with E-state index in [1.54, 1.807) is 0 Å². The fraction of sp³-hybridized carbons (Fsp3) is 0.0588. The monoisotopic (exact) mass is 663 g/mol. The van der Waals surface area contributed by atoms with Crippen molar-refractivity contribution in [2.24, 2.45) is 0 Å². The molecule has 0 saturated heterocycles.